The molecular formula is C14H20F2N2O2S. The summed E-state index contributed by atoms with van der Waals surface area (Å²) >= 11 is 0. The average Bonchev–Trinajstić information content (AvgIpc) is 2.94. The van der Waals surface area contributed by atoms with E-state index in [-0.39, 0.29) is 23.6 Å². The number of rotatable bonds is 6. The number of hydrogen-bond acceptors (Lipinski definition) is 3. The first-order valence-electron chi connectivity index (χ1n) is 6.89. The molecule has 7 heteroatoms. The molecule has 1 aromatic rings. The van der Waals surface area contributed by atoms with Crippen molar-refractivity contribution in [2.75, 3.05) is 6.54 Å². The van der Waals surface area contributed by atoms with Gasteiger partial charge in [-0.1, -0.05) is 20.8 Å². The quantitative estimate of drug-likeness (QED) is 0.845. The normalized spacial score (nSPS) is 20.5. The second-order valence-corrected chi connectivity index (χ2v) is 7.67. The van der Waals surface area contributed by atoms with E-state index in [2.05, 4.69) is 10.0 Å². The first-order valence-corrected chi connectivity index (χ1v) is 8.37. The first-order chi connectivity index (χ1) is 9.69. The highest BCUT2D eigenvalue weighted by atomic mass is 32.2. The number of sulfonamides is 1. The minimum absolute atomic E-state index is 0.0492. The lowest BCUT2D eigenvalue weighted by Gasteiger charge is -2.12. The highest BCUT2D eigenvalue weighted by Crippen LogP contribution is 2.45. The molecule has 21 heavy (non-hydrogen) atoms. The van der Waals surface area contributed by atoms with E-state index in [1.165, 1.54) is 0 Å². The van der Waals surface area contributed by atoms with Crippen molar-refractivity contribution >= 4 is 10.0 Å². The van der Waals surface area contributed by atoms with Crippen molar-refractivity contribution in [2.45, 2.75) is 44.7 Å². The van der Waals surface area contributed by atoms with Gasteiger partial charge in [0.1, 0.15) is 10.7 Å². The zero-order valence-corrected chi connectivity index (χ0v) is 13.2. The summed E-state index contributed by atoms with van der Waals surface area (Å²) in [6, 6.07) is 1.75. The van der Waals surface area contributed by atoms with Crippen LogP contribution in [0.5, 0.6) is 0 Å². The van der Waals surface area contributed by atoms with Gasteiger partial charge in [0, 0.05) is 18.2 Å². The lowest BCUT2D eigenvalue weighted by atomic mass is 10.2. The molecule has 1 fully saturated rings. The Bertz CT molecular complexity index is 645. The van der Waals surface area contributed by atoms with Gasteiger partial charge < -0.3 is 5.32 Å². The molecule has 0 bridgehead atoms. The molecule has 1 aliphatic carbocycles. The van der Waals surface area contributed by atoms with Gasteiger partial charge >= 0.3 is 0 Å². The Morgan fingerprint density at radius 2 is 1.95 bits per heavy atom. The van der Waals surface area contributed by atoms with Crippen LogP contribution >= 0.6 is 0 Å². The fraction of sp³-hybridized carbons (Fsp3) is 0.571. The maximum atomic E-state index is 14.3. The van der Waals surface area contributed by atoms with Crippen molar-refractivity contribution in [3.05, 3.63) is 29.3 Å². The van der Waals surface area contributed by atoms with Crippen molar-refractivity contribution < 1.29 is 17.2 Å². The minimum Gasteiger partial charge on any atom is -0.313 e. The molecule has 1 unspecified atom stereocenters. The Kier molecular flexibility index (Phi) is 4.37. The van der Waals surface area contributed by atoms with Gasteiger partial charge in [0.05, 0.1) is 0 Å². The zero-order valence-electron chi connectivity index (χ0n) is 12.3. The van der Waals surface area contributed by atoms with Crippen LogP contribution in [0, 0.1) is 17.0 Å². The molecule has 4 nitrogen and oxygen atoms in total. The third-order valence-electron chi connectivity index (χ3n) is 3.80. The van der Waals surface area contributed by atoms with Gasteiger partial charge in [-0.05, 0) is 30.5 Å². The summed E-state index contributed by atoms with van der Waals surface area (Å²) in [6.07, 6.45) is 0.708. The van der Waals surface area contributed by atoms with Gasteiger partial charge in [-0.25, -0.2) is 21.9 Å². The molecule has 2 rings (SSSR count). The monoisotopic (exact) mass is 318 g/mol. The summed E-state index contributed by atoms with van der Waals surface area (Å²) in [5, 5.41) is 2.80. The molecular weight excluding hydrogens is 298 g/mol. The lowest BCUT2D eigenvalue weighted by Crippen LogP contribution is -2.30. The second-order valence-electron chi connectivity index (χ2n) is 5.98. The van der Waals surface area contributed by atoms with Crippen LogP contribution in [0.2, 0.25) is 0 Å². The van der Waals surface area contributed by atoms with E-state index >= 15 is 0 Å². The van der Waals surface area contributed by atoms with Crippen LogP contribution in [0.1, 0.15) is 32.8 Å². The number of hydrogen-bond donors (Lipinski definition) is 2. The summed E-state index contributed by atoms with van der Waals surface area (Å²) in [5.74, 6) is -1.78. The number of benzene rings is 1. The van der Waals surface area contributed by atoms with Gasteiger partial charge in [0.2, 0.25) is 10.0 Å². The Hall–Kier alpha value is -1.05. The van der Waals surface area contributed by atoms with E-state index in [9.17, 15) is 17.2 Å². The fourth-order valence-electron chi connectivity index (χ4n) is 2.11. The summed E-state index contributed by atoms with van der Waals surface area (Å²) in [7, 11) is -3.98. The van der Waals surface area contributed by atoms with Crippen LogP contribution in [0.15, 0.2) is 17.0 Å². The molecule has 0 heterocycles. The molecule has 118 valence electrons. The summed E-state index contributed by atoms with van der Waals surface area (Å²) in [4.78, 5) is -0.500. The van der Waals surface area contributed by atoms with Gasteiger partial charge in [-0.15, -0.1) is 0 Å². The number of halogens is 2. The first kappa shape index (κ1) is 16.3. The third kappa shape index (κ3) is 3.41. The van der Waals surface area contributed by atoms with Crippen molar-refractivity contribution in [1.29, 1.82) is 0 Å². The predicted octanol–water partition coefficient (Wildman–Crippen LogP) is 2.15. The fourth-order valence-corrected chi connectivity index (χ4v) is 3.63. The average molecular weight is 318 g/mol. The summed E-state index contributed by atoms with van der Waals surface area (Å²) < 4.78 is 54.9. The van der Waals surface area contributed by atoms with Crippen LogP contribution in [-0.2, 0) is 16.6 Å². The van der Waals surface area contributed by atoms with Gasteiger partial charge in [-0.3, -0.25) is 0 Å². The molecule has 0 radical (unpaired) electrons. The van der Waals surface area contributed by atoms with Crippen molar-refractivity contribution in [3.8, 4) is 0 Å². The van der Waals surface area contributed by atoms with Gasteiger partial charge in [0.25, 0.3) is 0 Å². The zero-order chi connectivity index (χ0) is 15.8. The van der Waals surface area contributed by atoms with Crippen molar-refractivity contribution in [1.82, 2.24) is 10.0 Å². The Morgan fingerprint density at radius 1 is 1.33 bits per heavy atom. The molecule has 2 N–H and O–H groups in total. The second kappa shape index (κ2) is 5.62. The maximum absolute atomic E-state index is 14.3. The van der Waals surface area contributed by atoms with E-state index in [0.717, 1.165) is 12.1 Å². The van der Waals surface area contributed by atoms with E-state index in [1.807, 2.05) is 13.8 Å². The molecule has 0 saturated heterocycles. The molecule has 1 aliphatic rings. The van der Waals surface area contributed by atoms with Crippen molar-refractivity contribution in [2.24, 2.45) is 5.41 Å². The molecule has 0 aromatic heterocycles. The SMILES string of the molecule is CCNCc1c(F)ccc(S(=O)(=O)NC2CC2(C)C)c1F. The van der Waals surface area contributed by atoms with Gasteiger partial charge in [-0.2, -0.15) is 0 Å². The minimum atomic E-state index is -3.98. The molecule has 0 spiro atoms. The van der Waals surface area contributed by atoms with Crippen LogP contribution < -0.4 is 10.0 Å². The smallest absolute Gasteiger partial charge is 0.243 e. The van der Waals surface area contributed by atoms with Crippen LogP contribution in [0.25, 0.3) is 0 Å². The van der Waals surface area contributed by atoms with Crippen LogP contribution in [0.4, 0.5) is 8.78 Å². The molecule has 1 atom stereocenters. The van der Waals surface area contributed by atoms with E-state index in [0.29, 0.717) is 13.0 Å². The van der Waals surface area contributed by atoms with E-state index in [4.69, 9.17) is 0 Å². The summed E-state index contributed by atoms with van der Waals surface area (Å²) in [5.41, 5.74) is -0.370. The standard InChI is InChI=1S/C14H20F2N2O2S/c1-4-17-8-9-10(15)5-6-11(13(9)16)21(19,20)18-12-7-14(12,2)3/h5-6,12,17-18H,4,7-8H2,1-3H3. The highest BCUT2D eigenvalue weighted by molar-refractivity contribution is 7.89. The topological polar surface area (TPSA) is 58.2 Å². The van der Waals surface area contributed by atoms with Crippen LogP contribution in [0.3, 0.4) is 0 Å². The lowest BCUT2D eigenvalue weighted by molar-refractivity contribution is 0.510. The molecule has 1 aromatic carbocycles. The largest absolute Gasteiger partial charge is 0.313 e. The summed E-state index contributed by atoms with van der Waals surface area (Å²) in [6.45, 7) is 6.14. The van der Waals surface area contributed by atoms with Crippen LogP contribution in [-0.4, -0.2) is 21.0 Å². The van der Waals surface area contributed by atoms with Crippen molar-refractivity contribution in [3.63, 3.8) is 0 Å². The predicted molar refractivity (Wildman–Crippen MR) is 76.2 cm³/mol. The molecule has 1 saturated carbocycles. The maximum Gasteiger partial charge on any atom is 0.243 e. The highest BCUT2D eigenvalue weighted by Gasteiger charge is 2.48. The Balaban J connectivity index is 2.31. The van der Waals surface area contributed by atoms with Gasteiger partial charge in [0.15, 0.2) is 5.82 Å². The van der Waals surface area contributed by atoms with E-state index < -0.39 is 26.6 Å². The Morgan fingerprint density at radius 3 is 2.48 bits per heavy atom. The number of nitrogens with one attached hydrogen (secondary N) is 2. The van der Waals surface area contributed by atoms with E-state index in [1.54, 1.807) is 6.92 Å². The Labute approximate surface area is 124 Å². The molecule has 0 amide bonds. The third-order valence-corrected chi connectivity index (χ3v) is 5.29. The molecule has 0 aliphatic heterocycles.